The zero-order valence-corrected chi connectivity index (χ0v) is 12.9. The molecule has 0 spiro atoms. The first-order valence-corrected chi connectivity index (χ1v) is 7.24. The molecule has 5 N–H and O–H groups in total. The molecule has 0 heterocycles. The molecule has 0 saturated heterocycles. The Balaban J connectivity index is 2.13. The van der Waals surface area contributed by atoms with Crippen LogP contribution < -0.4 is 10.8 Å². The molecule has 0 aliphatic heterocycles. The highest BCUT2D eigenvalue weighted by atomic mass is 16.5. The standard InChI is InChI=1S/C17H18N2O5/c1-10(20)15(17(23)19-24)18-16(22)13-4-2-11(3-5-13)12-6-8-14(21)9-7-12/h2-10,15,20-21,24H,1H3,(H,18,22)(H,19,23)/t10-,15+/m1/s1. The quantitative estimate of drug-likeness (QED) is 0.415. The molecule has 0 saturated carbocycles. The van der Waals surface area contributed by atoms with Crippen molar-refractivity contribution in [3.8, 4) is 16.9 Å². The van der Waals surface area contributed by atoms with Crippen molar-refractivity contribution in [1.29, 1.82) is 0 Å². The Morgan fingerprint density at radius 2 is 1.46 bits per heavy atom. The molecule has 0 aromatic heterocycles. The number of hydrogen-bond donors (Lipinski definition) is 5. The Labute approximate surface area is 138 Å². The predicted molar refractivity (Wildman–Crippen MR) is 86.4 cm³/mol. The van der Waals surface area contributed by atoms with E-state index in [4.69, 9.17) is 5.21 Å². The number of carbonyl (C=O) groups is 2. The number of rotatable bonds is 5. The van der Waals surface area contributed by atoms with E-state index < -0.39 is 24.0 Å². The number of nitrogens with one attached hydrogen (secondary N) is 2. The van der Waals surface area contributed by atoms with Crippen LogP contribution in [0.5, 0.6) is 5.75 Å². The van der Waals surface area contributed by atoms with Crippen molar-refractivity contribution in [2.75, 3.05) is 0 Å². The predicted octanol–water partition coefficient (Wildman–Crippen LogP) is 1.04. The minimum absolute atomic E-state index is 0.168. The molecule has 0 aliphatic rings. The highest BCUT2D eigenvalue weighted by Crippen LogP contribution is 2.22. The zero-order chi connectivity index (χ0) is 17.7. The van der Waals surface area contributed by atoms with Crippen molar-refractivity contribution in [2.24, 2.45) is 0 Å². The molecular formula is C17H18N2O5. The zero-order valence-electron chi connectivity index (χ0n) is 12.9. The third-order valence-electron chi connectivity index (χ3n) is 3.51. The molecule has 126 valence electrons. The van der Waals surface area contributed by atoms with Gasteiger partial charge in [0.2, 0.25) is 0 Å². The molecule has 0 bridgehead atoms. The van der Waals surface area contributed by atoms with Crippen molar-refractivity contribution < 1.29 is 25.0 Å². The third kappa shape index (κ3) is 4.09. The number of amides is 2. The molecule has 0 radical (unpaired) electrons. The van der Waals surface area contributed by atoms with Crippen LogP contribution in [0.4, 0.5) is 0 Å². The second-order valence-corrected chi connectivity index (χ2v) is 5.29. The van der Waals surface area contributed by atoms with Crippen molar-refractivity contribution >= 4 is 11.8 Å². The van der Waals surface area contributed by atoms with Gasteiger partial charge in [0.15, 0.2) is 0 Å². The summed E-state index contributed by atoms with van der Waals surface area (Å²) in [4.78, 5) is 23.6. The van der Waals surface area contributed by atoms with Gasteiger partial charge in [-0.05, 0) is 42.3 Å². The molecule has 2 aromatic carbocycles. The molecule has 0 unspecified atom stereocenters. The van der Waals surface area contributed by atoms with Gasteiger partial charge in [0, 0.05) is 5.56 Å². The molecule has 7 heteroatoms. The van der Waals surface area contributed by atoms with Crippen LogP contribution in [0, 0.1) is 0 Å². The Morgan fingerprint density at radius 1 is 0.958 bits per heavy atom. The second-order valence-electron chi connectivity index (χ2n) is 5.29. The van der Waals surface area contributed by atoms with Crippen LogP contribution in [0.2, 0.25) is 0 Å². The van der Waals surface area contributed by atoms with E-state index in [0.717, 1.165) is 11.1 Å². The van der Waals surface area contributed by atoms with Crippen LogP contribution in [-0.2, 0) is 4.79 Å². The number of hydrogen-bond acceptors (Lipinski definition) is 5. The van der Waals surface area contributed by atoms with Crippen LogP contribution >= 0.6 is 0 Å². The Morgan fingerprint density at radius 3 is 1.92 bits per heavy atom. The van der Waals surface area contributed by atoms with Crippen molar-refractivity contribution in [3.05, 3.63) is 54.1 Å². The number of phenols is 1. The first kappa shape index (κ1) is 17.5. The fourth-order valence-electron chi connectivity index (χ4n) is 2.17. The lowest BCUT2D eigenvalue weighted by atomic mass is 10.0. The summed E-state index contributed by atoms with van der Waals surface area (Å²) >= 11 is 0. The van der Waals surface area contributed by atoms with Gasteiger partial charge in [-0.3, -0.25) is 14.8 Å². The maximum Gasteiger partial charge on any atom is 0.268 e. The van der Waals surface area contributed by atoms with Gasteiger partial charge in [-0.2, -0.15) is 0 Å². The molecule has 2 aromatic rings. The van der Waals surface area contributed by atoms with Crippen molar-refractivity contribution in [3.63, 3.8) is 0 Å². The lowest BCUT2D eigenvalue weighted by molar-refractivity contribution is -0.133. The van der Waals surface area contributed by atoms with Gasteiger partial charge >= 0.3 is 0 Å². The van der Waals surface area contributed by atoms with Crippen LogP contribution in [-0.4, -0.2) is 39.4 Å². The van der Waals surface area contributed by atoms with E-state index in [2.05, 4.69) is 5.32 Å². The van der Waals surface area contributed by atoms with E-state index in [0.29, 0.717) is 5.56 Å². The third-order valence-corrected chi connectivity index (χ3v) is 3.51. The highest BCUT2D eigenvalue weighted by molar-refractivity contribution is 5.97. The van der Waals surface area contributed by atoms with Gasteiger partial charge in [-0.25, -0.2) is 5.48 Å². The maximum atomic E-state index is 12.2. The SMILES string of the molecule is C[C@@H](O)[C@H](NC(=O)c1ccc(-c2ccc(O)cc2)cc1)C(=O)NO. The Hall–Kier alpha value is -2.90. The van der Waals surface area contributed by atoms with Crippen molar-refractivity contribution in [2.45, 2.75) is 19.1 Å². The van der Waals surface area contributed by atoms with Gasteiger partial charge < -0.3 is 15.5 Å². The largest absolute Gasteiger partial charge is 0.508 e. The van der Waals surface area contributed by atoms with Crippen molar-refractivity contribution in [1.82, 2.24) is 10.8 Å². The van der Waals surface area contributed by atoms with Crippen LogP contribution in [0.1, 0.15) is 17.3 Å². The number of aliphatic hydroxyl groups excluding tert-OH is 1. The Bertz CT molecular complexity index is 711. The average Bonchev–Trinajstić information content (AvgIpc) is 2.59. The molecule has 2 atom stereocenters. The summed E-state index contributed by atoms with van der Waals surface area (Å²) in [5, 5.41) is 29.8. The monoisotopic (exact) mass is 330 g/mol. The van der Waals surface area contributed by atoms with E-state index in [1.807, 2.05) is 0 Å². The minimum atomic E-state index is -1.26. The summed E-state index contributed by atoms with van der Waals surface area (Å²) in [5.41, 5.74) is 3.43. The van der Waals surface area contributed by atoms with Gasteiger partial charge in [0.05, 0.1) is 6.10 Å². The van der Waals surface area contributed by atoms with E-state index >= 15 is 0 Å². The van der Waals surface area contributed by atoms with E-state index in [1.54, 1.807) is 48.5 Å². The van der Waals surface area contributed by atoms with Crippen LogP contribution in [0.15, 0.2) is 48.5 Å². The maximum absolute atomic E-state index is 12.2. The lowest BCUT2D eigenvalue weighted by Crippen LogP contribution is -2.51. The van der Waals surface area contributed by atoms with Gasteiger partial charge in [-0.15, -0.1) is 0 Å². The molecule has 2 amide bonds. The molecule has 7 nitrogen and oxygen atoms in total. The minimum Gasteiger partial charge on any atom is -0.508 e. The number of phenolic OH excluding ortho intramolecular Hbond substituents is 1. The fourth-order valence-corrected chi connectivity index (χ4v) is 2.17. The second kappa shape index (κ2) is 7.58. The summed E-state index contributed by atoms with van der Waals surface area (Å²) in [7, 11) is 0. The lowest BCUT2D eigenvalue weighted by Gasteiger charge is -2.19. The van der Waals surface area contributed by atoms with Gasteiger partial charge in [-0.1, -0.05) is 24.3 Å². The molecule has 2 rings (SSSR count). The Kier molecular flexibility index (Phi) is 5.51. The summed E-state index contributed by atoms with van der Waals surface area (Å²) in [5.74, 6) is -1.29. The first-order chi connectivity index (χ1) is 11.4. The smallest absolute Gasteiger partial charge is 0.268 e. The summed E-state index contributed by atoms with van der Waals surface area (Å²) in [6.07, 6.45) is -1.17. The summed E-state index contributed by atoms with van der Waals surface area (Å²) < 4.78 is 0. The van der Waals surface area contributed by atoms with Gasteiger partial charge in [0.25, 0.3) is 11.8 Å². The number of aromatic hydroxyl groups is 1. The average molecular weight is 330 g/mol. The first-order valence-electron chi connectivity index (χ1n) is 7.24. The fraction of sp³-hybridized carbons (Fsp3) is 0.176. The number of benzene rings is 2. The highest BCUT2D eigenvalue weighted by Gasteiger charge is 2.25. The molecule has 0 fully saturated rings. The molecule has 0 aliphatic carbocycles. The normalized spacial score (nSPS) is 13.0. The van der Waals surface area contributed by atoms with Gasteiger partial charge in [0.1, 0.15) is 11.8 Å². The van der Waals surface area contributed by atoms with Crippen LogP contribution in [0.3, 0.4) is 0 Å². The molecular weight excluding hydrogens is 312 g/mol. The topological polar surface area (TPSA) is 119 Å². The van der Waals surface area contributed by atoms with E-state index in [-0.39, 0.29) is 5.75 Å². The number of carbonyl (C=O) groups excluding carboxylic acids is 2. The summed E-state index contributed by atoms with van der Waals surface area (Å²) in [6, 6.07) is 12.0. The van der Waals surface area contributed by atoms with E-state index in [1.165, 1.54) is 12.4 Å². The van der Waals surface area contributed by atoms with E-state index in [9.17, 15) is 19.8 Å². The summed E-state index contributed by atoms with van der Waals surface area (Å²) in [6.45, 7) is 1.33. The van der Waals surface area contributed by atoms with Crippen LogP contribution in [0.25, 0.3) is 11.1 Å². The number of aliphatic hydroxyl groups is 1. The molecule has 24 heavy (non-hydrogen) atoms. The number of hydroxylamine groups is 1.